The fraction of sp³-hybridized carbons (Fsp3) is 0.500. The highest BCUT2D eigenvalue weighted by Gasteiger charge is 2.31. The number of esters is 2. The summed E-state index contributed by atoms with van der Waals surface area (Å²) in [6, 6.07) is 0.762. The molecule has 1 heterocycles. The second-order valence-corrected chi connectivity index (χ2v) is 5.42. The molecule has 0 aliphatic rings. The Morgan fingerprint density at radius 1 is 1.30 bits per heavy atom. The van der Waals surface area contributed by atoms with Gasteiger partial charge in [0.25, 0.3) is 0 Å². The van der Waals surface area contributed by atoms with E-state index >= 15 is 0 Å². The van der Waals surface area contributed by atoms with Crippen molar-refractivity contribution in [3.05, 3.63) is 22.8 Å². The summed E-state index contributed by atoms with van der Waals surface area (Å²) in [6.07, 6.45) is -2.76. The zero-order chi connectivity index (χ0) is 20.4. The number of pyridine rings is 1. The third kappa shape index (κ3) is 7.41. The number of rotatable bonds is 9. The normalized spacial score (nSPS) is 11.7. The molecule has 7 nitrogen and oxygen atoms in total. The van der Waals surface area contributed by atoms with E-state index in [1.165, 1.54) is 0 Å². The number of nitrogens with zero attached hydrogens (tertiary/aromatic N) is 2. The molecule has 1 N–H and O–H groups in total. The summed E-state index contributed by atoms with van der Waals surface area (Å²) in [6.45, 7) is 3.66. The van der Waals surface area contributed by atoms with E-state index in [-0.39, 0.29) is 37.1 Å². The highest BCUT2D eigenvalue weighted by atomic mass is 35.5. The van der Waals surface area contributed by atoms with Gasteiger partial charge in [-0.3, -0.25) is 14.6 Å². The number of aliphatic imine (C=N–C) groups is 1. The van der Waals surface area contributed by atoms with Gasteiger partial charge in [-0.25, -0.2) is 4.98 Å². The number of hydrogen-bond donors (Lipinski definition) is 1. The number of halogens is 4. The molecule has 0 atom stereocenters. The van der Waals surface area contributed by atoms with Gasteiger partial charge in [-0.2, -0.15) is 13.2 Å². The third-order valence-electron chi connectivity index (χ3n) is 3.04. The third-order valence-corrected chi connectivity index (χ3v) is 3.33. The Hall–Kier alpha value is -2.36. The van der Waals surface area contributed by atoms with E-state index in [2.05, 4.69) is 15.3 Å². The minimum Gasteiger partial charge on any atom is -0.465 e. The van der Waals surface area contributed by atoms with Gasteiger partial charge in [0.05, 0.1) is 30.3 Å². The Balaban J connectivity index is 2.62. The molecule has 1 aromatic rings. The molecule has 0 saturated heterocycles. The molecule has 0 bridgehead atoms. The Bertz CT molecular complexity index is 665. The molecule has 0 aliphatic heterocycles. The molecule has 0 aromatic carbocycles. The summed E-state index contributed by atoms with van der Waals surface area (Å²) < 4.78 is 47.2. The fourth-order valence-electron chi connectivity index (χ4n) is 1.82. The molecule has 0 saturated carbocycles. The smallest absolute Gasteiger partial charge is 0.417 e. The van der Waals surface area contributed by atoms with Gasteiger partial charge in [0, 0.05) is 19.0 Å². The van der Waals surface area contributed by atoms with Gasteiger partial charge in [0.2, 0.25) is 0 Å². The molecule has 0 radical (unpaired) electrons. The maximum Gasteiger partial charge on any atom is 0.417 e. The minimum atomic E-state index is -4.53. The van der Waals surface area contributed by atoms with Crippen LogP contribution in [0.3, 0.4) is 0 Å². The van der Waals surface area contributed by atoms with Crippen LogP contribution >= 0.6 is 11.6 Å². The summed E-state index contributed by atoms with van der Waals surface area (Å²) >= 11 is 5.77. The SMILES string of the molecule is CCOC(=O)C(C=NCCNc1ncc(C(F)(F)F)cc1Cl)C(=O)OCC. The van der Waals surface area contributed by atoms with Crippen LogP contribution in [0.2, 0.25) is 5.02 Å². The van der Waals surface area contributed by atoms with Crippen LogP contribution in [0.25, 0.3) is 0 Å². The Kier molecular flexibility index (Phi) is 8.99. The number of hydrogen-bond acceptors (Lipinski definition) is 7. The topological polar surface area (TPSA) is 89.9 Å². The molecular formula is C16H19ClF3N3O4. The van der Waals surface area contributed by atoms with E-state index in [0.717, 1.165) is 12.3 Å². The van der Waals surface area contributed by atoms with Crippen LogP contribution in [0.5, 0.6) is 0 Å². The molecule has 11 heteroatoms. The van der Waals surface area contributed by atoms with Gasteiger partial charge in [0.1, 0.15) is 5.82 Å². The second-order valence-electron chi connectivity index (χ2n) is 5.02. The maximum absolute atomic E-state index is 12.6. The Morgan fingerprint density at radius 2 is 1.89 bits per heavy atom. The van der Waals surface area contributed by atoms with Crippen molar-refractivity contribution in [1.82, 2.24) is 4.98 Å². The molecule has 27 heavy (non-hydrogen) atoms. The van der Waals surface area contributed by atoms with E-state index in [4.69, 9.17) is 21.1 Å². The average molecular weight is 410 g/mol. The van der Waals surface area contributed by atoms with Gasteiger partial charge < -0.3 is 14.8 Å². The van der Waals surface area contributed by atoms with Crippen LogP contribution in [0.4, 0.5) is 19.0 Å². The molecule has 0 unspecified atom stereocenters. The maximum atomic E-state index is 12.6. The van der Waals surface area contributed by atoms with Crippen LogP contribution in [-0.2, 0) is 25.2 Å². The monoisotopic (exact) mass is 409 g/mol. The minimum absolute atomic E-state index is 0.0622. The summed E-state index contributed by atoms with van der Waals surface area (Å²) in [4.78, 5) is 31.1. The predicted octanol–water partition coefficient (Wildman–Crippen LogP) is 2.98. The zero-order valence-corrected chi connectivity index (χ0v) is 15.4. The van der Waals surface area contributed by atoms with Crippen LogP contribution in [0.1, 0.15) is 19.4 Å². The highest BCUT2D eigenvalue weighted by molar-refractivity contribution is 6.32. The number of aromatic nitrogens is 1. The number of nitrogens with one attached hydrogen (secondary N) is 1. The molecule has 0 fully saturated rings. The highest BCUT2D eigenvalue weighted by Crippen LogP contribution is 2.32. The van der Waals surface area contributed by atoms with Crippen molar-refractivity contribution in [2.45, 2.75) is 20.0 Å². The molecule has 0 spiro atoms. The quantitative estimate of drug-likeness (QED) is 0.292. The van der Waals surface area contributed by atoms with Gasteiger partial charge in [0.15, 0.2) is 5.92 Å². The first-order valence-electron chi connectivity index (χ1n) is 8.00. The first-order chi connectivity index (χ1) is 12.7. The largest absolute Gasteiger partial charge is 0.465 e. The van der Waals surface area contributed by atoms with Crippen molar-refractivity contribution in [3.63, 3.8) is 0 Å². The van der Waals surface area contributed by atoms with Crippen molar-refractivity contribution < 1.29 is 32.2 Å². The van der Waals surface area contributed by atoms with Gasteiger partial charge in [-0.1, -0.05) is 11.6 Å². The number of ether oxygens (including phenoxy) is 2. The molecule has 0 aliphatic carbocycles. The first kappa shape index (κ1) is 22.7. The van der Waals surface area contributed by atoms with E-state index in [1.807, 2.05) is 0 Å². The van der Waals surface area contributed by atoms with Crippen LogP contribution in [0, 0.1) is 5.92 Å². The lowest BCUT2D eigenvalue weighted by atomic mass is 10.2. The standard InChI is InChI=1S/C16H19ClF3N3O4/c1-3-26-14(24)11(15(25)27-4-2)9-21-5-6-22-13-12(17)7-10(8-23-13)16(18,19)20/h7-9,11H,3-6H2,1-2H3,(H,22,23). The van der Waals surface area contributed by atoms with Crippen molar-refractivity contribution in [2.24, 2.45) is 10.9 Å². The molecular weight excluding hydrogens is 391 g/mol. The fourth-order valence-corrected chi connectivity index (χ4v) is 2.06. The van der Waals surface area contributed by atoms with E-state index < -0.39 is 29.6 Å². The van der Waals surface area contributed by atoms with Crippen molar-refractivity contribution in [1.29, 1.82) is 0 Å². The van der Waals surface area contributed by atoms with E-state index in [9.17, 15) is 22.8 Å². The average Bonchev–Trinajstić information content (AvgIpc) is 2.58. The molecule has 0 amide bonds. The van der Waals surface area contributed by atoms with Gasteiger partial charge >= 0.3 is 18.1 Å². The second kappa shape index (κ2) is 10.7. The lowest BCUT2D eigenvalue weighted by molar-refractivity contribution is -0.157. The first-order valence-corrected chi connectivity index (χ1v) is 8.38. The molecule has 1 rings (SSSR count). The summed E-state index contributed by atoms with van der Waals surface area (Å²) in [5, 5.41) is 2.53. The van der Waals surface area contributed by atoms with Crippen molar-refractivity contribution >= 4 is 35.6 Å². The molecule has 1 aromatic heterocycles. The lowest BCUT2D eigenvalue weighted by Gasteiger charge is -2.11. The number of carbonyl (C=O) groups is 2. The molecule has 150 valence electrons. The zero-order valence-electron chi connectivity index (χ0n) is 14.7. The van der Waals surface area contributed by atoms with Gasteiger partial charge in [-0.05, 0) is 19.9 Å². The Morgan fingerprint density at radius 3 is 2.37 bits per heavy atom. The number of alkyl halides is 3. The van der Waals surface area contributed by atoms with Crippen LogP contribution < -0.4 is 5.32 Å². The van der Waals surface area contributed by atoms with Crippen molar-refractivity contribution in [3.8, 4) is 0 Å². The summed E-state index contributed by atoms with van der Waals surface area (Å²) in [5.74, 6) is -2.77. The van der Waals surface area contributed by atoms with Crippen molar-refractivity contribution in [2.75, 3.05) is 31.6 Å². The number of anilines is 1. The van der Waals surface area contributed by atoms with Crippen LogP contribution in [-0.4, -0.2) is 49.4 Å². The summed E-state index contributed by atoms with van der Waals surface area (Å²) in [5.41, 5.74) is -0.956. The predicted molar refractivity (Wildman–Crippen MR) is 92.9 cm³/mol. The number of carbonyl (C=O) groups excluding carboxylic acids is 2. The van der Waals surface area contributed by atoms with E-state index in [0.29, 0.717) is 6.20 Å². The summed E-state index contributed by atoms with van der Waals surface area (Å²) in [7, 11) is 0. The Labute approximate surface area is 158 Å². The van der Waals surface area contributed by atoms with E-state index in [1.54, 1.807) is 13.8 Å². The lowest BCUT2D eigenvalue weighted by Crippen LogP contribution is -2.29. The van der Waals surface area contributed by atoms with Crippen LogP contribution in [0.15, 0.2) is 17.3 Å². The van der Waals surface area contributed by atoms with Gasteiger partial charge in [-0.15, -0.1) is 0 Å².